The molecule has 5 nitrogen and oxygen atoms in total. The fourth-order valence-corrected chi connectivity index (χ4v) is 2.85. The first-order valence-electron chi connectivity index (χ1n) is 8.18. The van der Waals surface area contributed by atoms with E-state index in [4.69, 9.17) is 4.42 Å². The molecular formula is C17H29N3O2. The molecule has 124 valence electrons. The Morgan fingerprint density at radius 3 is 2.41 bits per heavy atom. The molecule has 0 radical (unpaired) electrons. The molecule has 0 spiro atoms. The van der Waals surface area contributed by atoms with E-state index >= 15 is 0 Å². The first-order chi connectivity index (χ1) is 10.4. The van der Waals surface area contributed by atoms with E-state index in [1.165, 1.54) is 0 Å². The Morgan fingerprint density at radius 1 is 1.23 bits per heavy atom. The molecule has 5 heteroatoms. The SMILES string of the molecule is Cc1ccc(CN(C)C(=O)CN2CCN(CC(C)C)CC2)o1. The molecule has 1 aromatic heterocycles. The van der Waals surface area contributed by atoms with Crippen molar-refractivity contribution < 1.29 is 9.21 Å². The van der Waals surface area contributed by atoms with Crippen molar-refractivity contribution in [3.8, 4) is 0 Å². The third-order valence-corrected chi connectivity index (χ3v) is 4.06. The third-order valence-electron chi connectivity index (χ3n) is 4.06. The highest BCUT2D eigenvalue weighted by molar-refractivity contribution is 5.77. The standard InChI is InChI=1S/C17H29N3O2/c1-14(2)11-19-7-9-20(10-8-19)13-17(21)18(4)12-16-6-5-15(3)22-16/h5-6,14H,7-13H2,1-4H3. The lowest BCUT2D eigenvalue weighted by atomic mass is 10.2. The van der Waals surface area contributed by atoms with E-state index < -0.39 is 0 Å². The number of hydrogen-bond acceptors (Lipinski definition) is 4. The van der Waals surface area contributed by atoms with Gasteiger partial charge in [-0.05, 0) is 25.0 Å². The van der Waals surface area contributed by atoms with Gasteiger partial charge in [-0.25, -0.2) is 0 Å². The zero-order valence-electron chi connectivity index (χ0n) is 14.3. The summed E-state index contributed by atoms with van der Waals surface area (Å²) in [6.07, 6.45) is 0. The van der Waals surface area contributed by atoms with Crippen molar-refractivity contribution in [2.24, 2.45) is 5.92 Å². The summed E-state index contributed by atoms with van der Waals surface area (Å²) in [5.41, 5.74) is 0. The van der Waals surface area contributed by atoms with Crippen molar-refractivity contribution in [2.45, 2.75) is 27.3 Å². The molecule has 1 aliphatic rings. The molecule has 0 atom stereocenters. The average molecular weight is 307 g/mol. The summed E-state index contributed by atoms with van der Waals surface area (Å²) >= 11 is 0. The van der Waals surface area contributed by atoms with Crippen LogP contribution in [-0.2, 0) is 11.3 Å². The minimum atomic E-state index is 0.159. The molecule has 0 unspecified atom stereocenters. The normalized spacial score (nSPS) is 17.1. The van der Waals surface area contributed by atoms with Gasteiger partial charge in [-0.15, -0.1) is 0 Å². The Balaban J connectivity index is 1.73. The van der Waals surface area contributed by atoms with Gasteiger partial charge in [-0.2, -0.15) is 0 Å². The predicted octanol–water partition coefficient (Wildman–Crippen LogP) is 1.82. The Kier molecular flexibility index (Phi) is 6.03. The van der Waals surface area contributed by atoms with Crippen LogP contribution in [0, 0.1) is 12.8 Å². The molecule has 1 amide bonds. The minimum Gasteiger partial charge on any atom is -0.464 e. The number of hydrogen-bond donors (Lipinski definition) is 0. The monoisotopic (exact) mass is 307 g/mol. The third kappa shape index (κ3) is 5.14. The van der Waals surface area contributed by atoms with Gasteiger partial charge in [0.1, 0.15) is 11.5 Å². The molecule has 0 saturated carbocycles. The fraction of sp³-hybridized carbons (Fsp3) is 0.706. The summed E-state index contributed by atoms with van der Waals surface area (Å²) in [5, 5.41) is 0. The maximum Gasteiger partial charge on any atom is 0.236 e. The highest BCUT2D eigenvalue weighted by Crippen LogP contribution is 2.10. The quantitative estimate of drug-likeness (QED) is 0.804. The molecule has 1 aromatic rings. The van der Waals surface area contributed by atoms with E-state index in [1.807, 2.05) is 26.1 Å². The minimum absolute atomic E-state index is 0.159. The Morgan fingerprint density at radius 2 is 1.86 bits per heavy atom. The lowest BCUT2D eigenvalue weighted by Gasteiger charge is -2.35. The lowest BCUT2D eigenvalue weighted by molar-refractivity contribution is -0.132. The van der Waals surface area contributed by atoms with Crippen LogP contribution in [-0.4, -0.2) is 66.9 Å². The number of furan rings is 1. The van der Waals surface area contributed by atoms with E-state index in [0.717, 1.165) is 44.2 Å². The second-order valence-electron chi connectivity index (χ2n) is 6.73. The van der Waals surface area contributed by atoms with Crippen LogP contribution >= 0.6 is 0 Å². The summed E-state index contributed by atoms with van der Waals surface area (Å²) in [5.74, 6) is 2.59. The van der Waals surface area contributed by atoms with E-state index in [1.54, 1.807) is 4.90 Å². The van der Waals surface area contributed by atoms with Gasteiger partial charge in [0.25, 0.3) is 0 Å². The van der Waals surface area contributed by atoms with E-state index in [0.29, 0.717) is 19.0 Å². The first-order valence-corrected chi connectivity index (χ1v) is 8.18. The smallest absolute Gasteiger partial charge is 0.236 e. The van der Waals surface area contributed by atoms with Gasteiger partial charge in [0.2, 0.25) is 5.91 Å². The van der Waals surface area contributed by atoms with Gasteiger partial charge < -0.3 is 14.2 Å². The summed E-state index contributed by atoms with van der Waals surface area (Å²) in [7, 11) is 1.84. The first kappa shape index (κ1) is 17.0. The zero-order valence-corrected chi connectivity index (χ0v) is 14.3. The van der Waals surface area contributed by atoms with Crippen LogP contribution in [0.5, 0.6) is 0 Å². The van der Waals surface area contributed by atoms with Crippen LogP contribution in [0.4, 0.5) is 0 Å². The number of amides is 1. The highest BCUT2D eigenvalue weighted by atomic mass is 16.3. The van der Waals surface area contributed by atoms with E-state index in [9.17, 15) is 4.79 Å². The van der Waals surface area contributed by atoms with Gasteiger partial charge in [-0.3, -0.25) is 9.69 Å². The zero-order chi connectivity index (χ0) is 16.1. The van der Waals surface area contributed by atoms with Crippen LogP contribution in [0.3, 0.4) is 0 Å². The van der Waals surface area contributed by atoms with Crippen molar-refractivity contribution in [2.75, 3.05) is 46.3 Å². The highest BCUT2D eigenvalue weighted by Gasteiger charge is 2.21. The number of piperazine rings is 1. The Hall–Kier alpha value is -1.33. The van der Waals surface area contributed by atoms with Crippen LogP contribution in [0.25, 0.3) is 0 Å². The molecule has 2 heterocycles. The molecule has 1 saturated heterocycles. The summed E-state index contributed by atoms with van der Waals surface area (Å²) in [6.45, 7) is 12.7. The van der Waals surface area contributed by atoms with Gasteiger partial charge in [-0.1, -0.05) is 13.8 Å². The van der Waals surface area contributed by atoms with Crippen molar-refractivity contribution in [1.82, 2.24) is 14.7 Å². The summed E-state index contributed by atoms with van der Waals surface area (Å²) in [4.78, 5) is 18.8. The van der Waals surface area contributed by atoms with Crippen LogP contribution in [0.1, 0.15) is 25.4 Å². The fourth-order valence-electron chi connectivity index (χ4n) is 2.85. The van der Waals surface area contributed by atoms with Gasteiger partial charge in [0.05, 0.1) is 13.1 Å². The maximum absolute atomic E-state index is 12.3. The largest absolute Gasteiger partial charge is 0.464 e. The second-order valence-corrected chi connectivity index (χ2v) is 6.73. The van der Waals surface area contributed by atoms with Crippen LogP contribution in [0.2, 0.25) is 0 Å². The lowest BCUT2D eigenvalue weighted by Crippen LogP contribution is -2.50. The van der Waals surface area contributed by atoms with Crippen molar-refractivity contribution in [3.05, 3.63) is 23.7 Å². The maximum atomic E-state index is 12.3. The van der Waals surface area contributed by atoms with E-state index in [2.05, 4.69) is 23.6 Å². The Labute approximate surface area is 133 Å². The number of nitrogens with zero attached hydrogens (tertiary/aromatic N) is 3. The number of carbonyl (C=O) groups excluding carboxylic acids is 1. The number of rotatable bonds is 6. The number of likely N-dealkylation sites (N-methyl/N-ethyl adjacent to an activating group) is 1. The van der Waals surface area contributed by atoms with Crippen molar-refractivity contribution >= 4 is 5.91 Å². The summed E-state index contributed by atoms with van der Waals surface area (Å²) in [6, 6.07) is 3.87. The van der Waals surface area contributed by atoms with Gasteiger partial charge in [0.15, 0.2) is 0 Å². The molecule has 1 aliphatic heterocycles. The van der Waals surface area contributed by atoms with Crippen molar-refractivity contribution in [1.29, 1.82) is 0 Å². The molecular weight excluding hydrogens is 278 g/mol. The molecule has 0 bridgehead atoms. The summed E-state index contributed by atoms with van der Waals surface area (Å²) < 4.78 is 5.53. The van der Waals surface area contributed by atoms with Gasteiger partial charge >= 0.3 is 0 Å². The van der Waals surface area contributed by atoms with Crippen LogP contribution < -0.4 is 0 Å². The topological polar surface area (TPSA) is 39.9 Å². The van der Waals surface area contributed by atoms with Crippen LogP contribution in [0.15, 0.2) is 16.5 Å². The molecule has 0 aliphatic carbocycles. The number of carbonyl (C=O) groups is 1. The Bertz CT molecular complexity index is 476. The number of aryl methyl sites for hydroxylation is 1. The van der Waals surface area contributed by atoms with Crippen molar-refractivity contribution in [3.63, 3.8) is 0 Å². The molecule has 2 rings (SSSR count). The average Bonchev–Trinajstić information content (AvgIpc) is 2.85. The molecule has 1 fully saturated rings. The predicted molar refractivity (Wildman–Crippen MR) is 87.6 cm³/mol. The molecule has 22 heavy (non-hydrogen) atoms. The van der Waals surface area contributed by atoms with Gasteiger partial charge in [0, 0.05) is 39.8 Å². The second kappa shape index (κ2) is 7.79. The van der Waals surface area contributed by atoms with E-state index in [-0.39, 0.29) is 5.91 Å². The molecule has 0 N–H and O–H groups in total. The molecule has 0 aromatic carbocycles.